The van der Waals surface area contributed by atoms with E-state index >= 15 is 0 Å². The van der Waals surface area contributed by atoms with Gasteiger partial charge in [0.15, 0.2) is 26.2 Å². The molecule has 0 unspecified atom stereocenters. The molecule has 8 nitrogen and oxygen atoms in total. The van der Waals surface area contributed by atoms with Gasteiger partial charge in [-0.2, -0.15) is 0 Å². The van der Waals surface area contributed by atoms with E-state index in [1.807, 2.05) is 55.9 Å². The lowest BCUT2D eigenvalue weighted by Crippen LogP contribution is -2.71. The molecule has 20 heavy (non-hydrogen) atoms. The van der Waals surface area contributed by atoms with E-state index in [1.54, 1.807) is 0 Å². The fourth-order valence-electron chi connectivity index (χ4n) is 1.98. The Balaban J connectivity index is 3.18. The average Bonchev–Trinajstić information content (AvgIpc) is 2.36. The summed E-state index contributed by atoms with van der Waals surface area (Å²) in [5.74, 6) is 0. The lowest BCUT2D eigenvalue weighted by molar-refractivity contribution is -1.66. The maximum atomic E-state index is 6.08. The first-order valence-corrected chi connectivity index (χ1v) is 7.34. The van der Waals surface area contributed by atoms with Gasteiger partial charge in [0.25, 0.3) is 0 Å². The molecule has 1 saturated heterocycles. The van der Waals surface area contributed by atoms with Crippen molar-refractivity contribution >= 4 is 0 Å². The second-order valence-electron chi connectivity index (χ2n) is 5.65. The summed E-state index contributed by atoms with van der Waals surface area (Å²) in [6, 6.07) is 0. The van der Waals surface area contributed by atoms with Crippen molar-refractivity contribution in [3.8, 4) is 0 Å². The molecule has 0 aliphatic carbocycles. The normalized spacial score (nSPS) is 46.8. The molecule has 0 N–H and O–H groups in total. The summed E-state index contributed by atoms with van der Waals surface area (Å²) in [7, 11) is 7.42. The van der Waals surface area contributed by atoms with Gasteiger partial charge >= 0.3 is 0 Å². The Hall–Kier alpha value is -0.320. The zero-order valence-corrected chi connectivity index (χ0v) is 14.3. The Morgan fingerprint density at radius 1 is 0.450 bits per heavy atom. The second kappa shape index (κ2) is 5.82. The molecule has 0 atom stereocenters. The molecule has 0 radical (unpaired) electrons. The predicted octanol–water partition coefficient (Wildman–Crippen LogP) is 1.25. The molecule has 0 aromatic heterocycles. The zero-order chi connectivity index (χ0) is 15.7. The maximum Gasteiger partial charge on any atom is 0.151 e. The molecule has 120 valence electrons. The van der Waals surface area contributed by atoms with E-state index in [0.29, 0.717) is 26.2 Å². The van der Waals surface area contributed by atoms with Crippen LogP contribution in [0.3, 0.4) is 0 Å². The Morgan fingerprint density at radius 2 is 0.600 bits per heavy atom. The highest BCUT2D eigenvalue weighted by Crippen LogP contribution is 2.28. The summed E-state index contributed by atoms with van der Waals surface area (Å²) < 4.78 is 0. The summed E-state index contributed by atoms with van der Waals surface area (Å²) in [5.41, 5.74) is 0. The van der Waals surface area contributed by atoms with Crippen molar-refractivity contribution < 1.29 is 39.0 Å². The molecule has 1 aliphatic rings. The van der Waals surface area contributed by atoms with Crippen LogP contribution < -0.4 is 0 Å². The molecule has 0 aromatic carbocycles. The summed E-state index contributed by atoms with van der Waals surface area (Å²) >= 11 is 0. The van der Waals surface area contributed by atoms with Crippen LogP contribution in [0.5, 0.6) is 0 Å². The molecular weight excluding hydrogens is 264 g/mol. The molecule has 0 amide bonds. The van der Waals surface area contributed by atoms with E-state index in [2.05, 4.69) is 0 Å². The molecule has 8 heteroatoms. The van der Waals surface area contributed by atoms with E-state index in [4.69, 9.17) is 19.8 Å². The van der Waals surface area contributed by atoms with Gasteiger partial charge in [0.2, 0.25) is 0 Å². The Kier molecular flexibility index (Phi) is 5.16. The molecule has 0 spiro atoms. The van der Waals surface area contributed by atoms with Gasteiger partial charge in [0.05, 0.1) is 39.0 Å². The predicted molar refractivity (Wildman–Crippen MR) is 71.2 cm³/mol. The van der Waals surface area contributed by atoms with Crippen molar-refractivity contribution in [1.29, 1.82) is 0 Å². The average molecular weight is 296 g/mol. The van der Waals surface area contributed by atoms with Gasteiger partial charge in [-0.15, -0.1) is 0 Å². The van der Waals surface area contributed by atoms with Crippen LogP contribution in [0.25, 0.3) is 0 Å². The summed E-state index contributed by atoms with van der Waals surface area (Å²) in [4.78, 5) is 24.1. The highest BCUT2D eigenvalue weighted by Gasteiger charge is 2.58. The summed E-state index contributed by atoms with van der Waals surface area (Å²) in [6.07, 6.45) is 0. The first-order valence-electron chi connectivity index (χ1n) is 7.34. The Morgan fingerprint density at radius 3 is 0.700 bits per heavy atom. The molecule has 1 heterocycles. The lowest BCUT2D eigenvalue weighted by atomic mass is 10.7. The van der Waals surface area contributed by atoms with E-state index in [-0.39, 0.29) is 19.2 Å². The number of hydrogen-bond acceptors (Lipinski definition) is 4. The maximum absolute atomic E-state index is 6.08. The number of quaternary nitrogens is 4. The number of nitrogens with zero attached hydrogens (tertiary/aromatic N) is 4. The standard InChI is InChI=1S/C12H32N4O4/c1-9-13(5)17-14(6,10-2)19-16(8,12-4)20-15(7,11-3)18-13/h9-12H2,1-8H3/q+4. The van der Waals surface area contributed by atoms with E-state index in [1.165, 1.54) is 0 Å². The van der Waals surface area contributed by atoms with Crippen LogP contribution >= 0.6 is 0 Å². The van der Waals surface area contributed by atoms with Crippen LogP contribution in [-0.4, -0.2) is 73.6 Å². The van der Waals surface area contributed by atoms with Crippen LogP contribution in [0.15, 0.2) is 0 Å². The summed E-state index contributed by atoms with van der Waals surface area (Å²) in [6.45, 7) is 10.5. The van der Waals surface area contributed by atoms with Crippen LogP contribution in [0.1, 0.15) is 27.7 Å². The van der Waals surface area contributed by atoms with Crippen LogP contribution in [0, 0.1) is 0 Å². The van der Waals surface area contributed by atoms with Gasteiger partial charge in [0.1, 0.15) is 28.2 Å². The van der Waals surface area contributed by atoms with E-state index in [9.17, 15) is 0 Å². The topological polar surface area (TPSA) is 36.9 Å². The van der Waals surface area contributed by atoms with Crippen molar-refractivity contribution in [3.05, 3.63) is 0 Å². The molecular formula is C12H32N4O4+4. The fourth-order valence-corrected chi connectivity index (χ4v) is 1.98. The highest BCUT2D eigenvalue weighted by atomic mass is 17.4. The number of rotatable bonds is 4. The Bertz CT molecular complexity index is 267. The van der Waals surface area contributed by atoms with Crippen molar-refractivity contribution in [3.63, 3.8) is 0 Å². The van der Waals surface area contributed by atoms with Gasteiger partial charge in [-0.05, 0) is 27.7 Å². The van der Waals surface area contributed by atoms with Crippen molar-refractivity contribution in [2.24, 2.45) is 0 Å². The minimum absolute atomic E-state index is 0.0571. The van der Waals surface area contributed by atoms with Crippen LogP contribution in [0.2, 0.25) is 0 Å². The quantitative estimate of drug-likeness (QED) is 0.732. The van der Waals surface area contributed by atoms with Crippen molar-refractivity contribution in [1.82, 2.24) is 0 Å². The molecule has 1 rings (SSSR count). The monoisotopic (exact) mass is 296 g/mol. The van der Waals surface area contributed by atoms with Gasteiger partial charge in [-0.25, -0.2) is 0 Å². The molecule has 0 saturated carbocycles. The van der Waals surface area contributed by atoms with E-state index in [0.717, 1.165) is 0 Å². The molecule has 0 bridgehead atoms. The molecule has 1 aliphatic heterocycles. The lowest BCUT2D eigenvalue weighted by Gasteiger charge is -2.40. The minimum Gasteiger partial charge on any atom is -0.00864 e. The summed E-state index contributed by atoms with van der Waals surface area (Å²) in [5, 5.41) is 0. The fraction of sp³-hybridized carbons (Fsp3) is 1.00. The largest absolute Gasteiger partial charge is 0.151 e. The first kappa shape index (κ1) is 17.7. The van der Waals surface area contributed by atoms with Gasteiger partial charge in [-0.3, -0.25) is 0 Å². The third kappa shape index (κ3) is 3.86. The van der Waals surface area contributed by atoms with Crippen molar-refractivity contribution in [2.45, 2.75) is 27.7 Å². The molecule has 1 fully saturated rings. The second-order valence-corrected chi connectivity index (χ2v) is 5.65. The van der Waals surface area contributed by atoms with Gasteiger partial charge in [0, 0.05) is 0 Å². The van der Waals surface area contributed by atoms with E-state index < -0.39 is 0 Å². The van der Waals surface area contributed by atoms with Gasteiger partial charge < -0.3 is 0 Å². The van der Waals surface area contributed by atoms with Gasteiger partial charge in [-0.1, -0.05) is 0 Å². The SMILES string of the molecule is CC[N+]1(C)O[N+](C)(CC)O[N+](C)(CC)O[N+](C)(CC)O1. The number of hydrogen-bond donors (Lipinski definition) is 0. The Labute approximate surface area is 122 Å². The van der Waals surface area contributed by atoms with Crippen molar-refractivity contribution in [2.75, 3.05) is 54.4 Å². The zero-order valence-electron chi connectivity index (χ0n) is 14.3. The van der Waals surface area contributed by atoms with Crippen LogP contribution in [-0.2, 0) is 19.8 Å². The van der Waals surface area contributed by atoms with Crippen LogP contribution in [0.4, 0.5) is 0 Å². The third-order valence-corrected chi connectivity index (χ3v) is 3.68. The smallest absolute Gasteiger partial charge is 0.00864 e. The minimum atomic E-state index is -0.0571. The number of hydroxylamine groups is 16. The first-order chi connectivity index (χ1) is 9.07. The third-order valence-electron chi connectivity index (χ3n) is 3.68. The highest BCUT2D eigenvalue weighted by molar-refractivity contribution is 4.04. The molecule has 0 aromatic rings.